The molecule has 0 radical (unpaired) electrons. The summed E-state index contributed by atoms with van der Waals surface area (Å²) in [6, 6.07) is 3.66. The number of pyridine rings is 1. The van der Waals surface area contributed by atoms with Crippen molar-refractivity contribution in [3.05, 3.63) is 24.5 Å². The van der Waals surface area contributed by atoms with Crippen LogP contribution in [0.15, 0.2) is 24.5 Å². The lowest BCUT2D eigenvalue weighted by atomic mass is 9.93. The lowest BCUT2D eigenvalue weighted by Crippen LogP contribution is -2.42. The lowest BCUT2D eigenvalue weighted by Gasteiger charge is -2.32. The highest BCUT2D eigenvalue weighted by Gasteiger charge is 2.70. The van der Waals surface area contributed by atoms with Gasteiger partial charge in [-0.1, -0.05) is 0 Å². The van der Waals surface area contributed by atoms with E-state index in [2.05, 4.69) is 10.1 Å². The zero-order valence-corrected chi connectivity index (χ0v) is 12.0. The Kier molecular flexibility index (Phi) is 2.76. The molecule has 1 spiro atoms. The molecule has 5 nitrogen and oxygen atoms in total. The number of likely N-dealkylation sites (tertiary alicyclic amines) is 1. The maximum atomic E-state index is 13.4. The summed E-state index contributed by atoms with van der Waals surface area (Å²) in [5.74, 6) is -2.60. The van der Waals surface area contributed by atoms with Crippen molar-refractivity contribution in [1.82, 2.24) is 19.7 Å². The highest BCUT2D eigenvalue weighted by atomic mass is 19.3. The van der Waals surface area contributed by atoms with Gasteiger partial charge in [0, 0.05) is 31.1 Å². The molecule has 2 aromatic rings. The van der Waals surface area contributed by atoms with Gasteiger partial charge >= 0.3 is 0 Å². The summed E-state index contributed by atoms with van der Waals surface area (Å²) >= 11 is 0. The van der Waals surface area contributed by atoms with Crippen molar-refractivity contribution in [2.24, 2.45) is 5.41 Å². The van der Waals surface area contributed by atoms with Crippen LogP contribution in [0.3, 0.4) is 0 Å². The number of amides is 1. The first-order valence-corrected chi connectivity index (χ1v) is 7.43. The van der Waals surface area contributed by atoms with Gasteiger partial charge in [0.2, 0.25) is 5.91 Å². The summed E-state index contributed by atoms with van der Waals surface area (Å²) in [4.78, 5) is 18.2. The van der Waals surface area contributed by atoms with Crippen molar-refractivity contribution in [1.29, 1.82) is 0 Å². The van der Waals surface area contributed by atoms with Crippen LogP contribution >= 0.6 is 0 Å². The van der Waals surface area contributed by atoms with Gasteiger partial charge in [0.1, 0.15) is 12.1 Å². The Morgan fingerprint density at radius 1 is 1.32 bits per heavy atom. The van der Waals surface area contributed by atoms with Crippen molar-refractivity contribution < 1.29 is 13.6 Å². The average molecular weight is 306 g/mol. The molecule has 3 heterocycles. The van der Waals surface area contributed by atoms with Gasteiger partial charge in [0.05, 0.1) is 11.7 Å². The van der Waals surface area contributed by atoms with E-state index in [0.717, 1.165) is 11.0 Å². The molecule has 1 amide bonds. The van der Waals surface area contributed by atoms with Crippen molar-refractivity contribution in [3.8, 4) is 0 Å². The van der Waals surface area contributed by atoms with Gasteiger partial charge in [0.15, 0.2) is 0 Å². The van der Waals surface area contributed by atoms with E-state index >= 15 is 0 Å². The minimum atomic E-state index is -2.52. The van der Waals surface area contributed by atoms with Gasteiger partial charge < -0.3 is 4.90 Å². The first-order valence-electron chi connectivity index (χ1n) is 7.43. The number of carbonyl (C=O) groups is 1. The number of aromatic nitrogens is 3. The molecule has 0 atom stereocenters. The van der Waals surface area contributed by atoms with Crippen molar-refractivity contribution in [3.63, 3.8) is 0 Å². The highest BCUT2D eigenvalue weighted by molar-refractivity contribution is 5.79. The molecule has 2 fully saturated rings. The van der Waals surface area contributed by atoms with E-state index in [1.165, 1.54) is 0 Å². The number of fused-ring (bicyclic) bond motifs is 1. The largest absolute Gasteiger partial charge is 0.341 e. The maximum Gasteiger partial charge on any atom is 0.254 e. The zero-order valence-electron chi connectivity index (χ0n) is 12.0. The minimum Gasteiger partial charge on any atom is -0.341 e. The van der Waals surface area contributed by atoms with Crippen LogP contribution in [0.4, 0.5) is 8.78 Å². The van der Waals surface area contributed by atoms with Crippen LogP contribution in [0.25, 0.3) is 11.0 Å². The van der Waals surface area contributed by atoms with E-state index in [4.69, 9.17) is 0 Å². The predicted octanol–water partition coefficient (Wildman–Crippen LogP) is 2.08. The molecule has 1 aliphatic carbocycles. The van der Waals surface area contributed by atoms with E-state index in [1.54, 1.807) is 28.0 Å². The van der Waals surface area contributed by atoms with Gasteiger partial charge in [0.25, 0.3) is 5.92 Å². The Labute approximate surface area is 125 Å². The third-order valence-corrected chi connectivity index (χ3v) is 4.98. The van der Waals surface area contributed by atoms with Crippen molar-refractivity contribution >= 4 is 16.9 Å². The van der Waals surface area contributed by atoms with Crippen LogP contribution in [-0.2, 0) is 11.3 Å². The lowest BCUT2D eigenvalue weighted by molar-refractivity contribution is -0.134. The van der Waals surface area contributed by atoms with Crippen LogP contribution < -0.4 is 0 Å². The van der Waals surface area contributed by atoms with Gasteiger partial charge in [-0.2, -0.15) is 5.10 Å². The normalized spacial score (nSPS) is 22.2. The molecule has 1 saturated heterocycles. The number of halogens is 2. The number of hydrogen-bond acceptors (Lipinski definition) is 3. The standard InChI is InChI=1S/C15H16F2N4O/c16-15(17)10-14(15)3-6-20(7-4-14)13(22)9-21-12-2-1-5-18-11(12)8-19-21/h1-2,5,8H,3-4,6-7,9-10H2. The molecule has 116 valence electrons. The van der Waals surface area contributed by atoms with Gasteiger partial charge in [-0.25, -0.2) is 8.78 Å². The number of carbonyl (C=O) groups excluding carboxylic acids is 1. The summed E-state index contributed by atoms with van der Waals surface area (Å²) in [6.45, 7) is 0.941. The summed E-state index contributed by atoms with van der Waals surface area (Å²) in [7, 11) is 0. The topological polar surface area (TPSA) is 51.0 Å². The van der Waals surface area contributed by atoms with Crippen LogP contribution in [0, 0.1) is 5.41 Å². The Morgan fingerprint density at radius 3 is 2.73 bits per heavy atom. The molecule has 1 aliphatic heterocycles. The third-order valence-electron chi connectivity index (χ3n) is 4.98. The zero-order chi connectivity index (χ0) is 15.4. The second kappa shape index (κ2) is 4.47. The number of piperidine rings is 1. The molecule has 0 aromatic carbocycles. The Bertz CT molecular complexity index is 734. The number of rotatable bonds is 2. The highest BCUT2D eigenvalue weighted by Crippen LogP contribution is 2.65. The second-order valence-electron chi connectivity index (χ2n) is 6.25. The van der Waals surface area contributed by atoms with Crippen molar-refractivity contribution in [2.75, 3.05) is 13.1 Å². The number of hydrogen-bond donors (Lipinski definition) is 0. The quantitative estimate of drug-likeness (QED) is 0.853. The maximum absolute atomic E-state index is 13.4. The Morgan fingerprint density at radius 2 is 2.05 bits per heavy atom. The average Bonchev–Trinajstić information content (AvgIpc) is 2.84. The summed E-state index contributed by atoms with van der Waals surface area (Å²) in [6.07, 6.45) is 4.08. The Balaban J connectivity index is 1.43. The first-order chi connectivity index (χ1) is 10.5. The van der Waals surface area contributed by atoms with Crippen LogP contribution in [0.5, 0.6) is 0 Å². The fraction of sp³-hybridized carbons (Fsp3) is 0.533. The van der Waals surface area contributed by atoms with Crippen LogP contribution in [-0.4, -0.2) is 44.6 Å². The fourth-order valence-electron chi connectivity index (χ4n) is 3.37. The van der Waals surface area contributed by atoms with Crippen LogP contribution in [0.1, 0.15) is 19.3 Å². The summed E-state index contributed by atoms with van der Waals surface area (Å²) in [5.41, 5.74) is 0.718. The van der Waals surface area contributed by atoms with Crippen LogP contribution in [0.2, 0.25) is 0 Å². The third kappa shape index (κ3) is 1.99. The predicted molar refractivity (Wildman–Crippen MR) is 75.3 cm³/mol. The molecule has 4 rings (SSSR count). The molecule has 2 aromatic heterocycles. The van der Waals surface area contributed by atoms with Gasteiger partial charge in [-0.05, 0) is 25.0 Å². The summed E-state index contributed by atoms with van der Waals surface area (Å²) in [5, 5.41) is 4.18. The molecule has 7 heteroatoms. The minimum absolute atomic E-state index is 0.0164. The summed E-state index contributed by atoms with van der Waals surface area (Å²) < 4.78 is 28.3. The smallest absolute Gasteiger partial charge is 0.254 e. The monoisotopic (exact) mass is 306 g/mol. The number of alkyl halides is 2. The molecule has 0 bridgehead atoms. The molecule has 1 saturated carbocycles. The van der Waals surface area contributed by atoms with E-state index in [-0.39, 0.29) is 18.9 Å². The first kappa shape index (κ1) is 13.6. The molecule has 0 N–H and O–H groups in total. The second-order valence-corrected chi connectivity index (χ2v) is 6.25. The molecule has 0 unspecified atom stereocenters. The van der Waals surface area contributed by atoms with Crippen molar-refractivity contribution in [2.45, 2.75) is 31.7 Å². The Hall–Kier alpha value is -2.05. The van der Waals surface area contributed by atoms with Gasteiger partial charge in [-0.3, -0.25) is 14.5 Å². The molecular weight excluding hydrogens is 290 g/mol. The number of nitrogens with zero attached hydrogens (tertiary/aromatic N) is 4. The van der Waals surface area contributed by atoms with E-state index in [1.807, 2.05) is 6.07 Å². The molecule has 2 aliphatic rings. The molecular formula is C15H16F2N4O. The fourth-order valence-corrected chi connectivity index (χ4v) is 3.37. The van der Waals surface area contributed by atoms with Gasteiger partial charge in [-0.15, -0.1) is 0 Å². The van der Waals surface area contributed by atoms with E-state index in [0.29, 0.717) is 25.9 Å². The molecule has 22 heavy (non-hydrogen) atoms. The SMILES string of the molecule is O=C(Cn1ncc2ncccc21)N1CCC2(CC1)CC2(F)F. The van der Waals surface area contributed by atoms with E-state index in [9.17, 15) is 13.6 Å². The van der Waals surface area contributed by atoms with E-state index < -0.39 is 11.3 Å².